The molecule has 0 saturated carbocycles. The van der Waals surface area contributed by atoms with Gasteiger partial charge in [-0.15, -0.1) is 11.6 Å². The lowest BCUT2D eigenvalue weighted by atomic mass is 10.1. The molecular formula is C15H13BrClNO2. The van der Waals surface area contributed by atoms with Crippen molar-refractivity contribution in [3.8, 4) is 5.75 Å². The Kier molecular flexibility index (Phi) is 4.68. The lowest BCUT2D eigenvalue weighted by molar-refractivity contribution is 0.102. The van der Waals surface area contributed by atoms with Gasteiger partial charge in [-0.3, -0.25) is 4.79 Å². The zero-order chi connectivity index (χ0) is 14.7. The van der Waals surface area contributed by atoms with E-state index in [1.807, 2.05) is 25.1 Å². The minimum absolute atomic E-state index is 0.0247. The molecule has 3 nitrogen and oxygen atoms in total. The fraction of sp³-hybridized carbons (Fsp3) is 0.133. The fourth-order valence-corrected chi connectivity index (χ4v) is 2.24. The lowest BCUT2D eigenvalue weighted by Crippen LogP contribution is -2.13. The molecule has 5 heteroatoms. The molecule has 2 rings (SSSR count). The number of hydrogen-bond donors (Lipinski definition) is 2. The highest BCUT2D eigenvalue weighted by molar-refractivity contribution is 9.10. The molecule has 1 unspecified atom stereocenters. The molecule has 104 valence electrons. The van der Waals surface area contributed by atoms with Crippen molar-refractivity contribution < 1.29 is 9.90 Å². The van der Waals surface area contributed by atoms with E-state index in [1.54, 1.807) is 18.2 Å². The van der Waals surface area contributed by atoms with E-state index >= 15 is 0 Å². The van der Waals surface area contributed by atoms with Crippen LogP contribution in [0.15, 0.2) is 46.9 Å². The number of phenolic OH excluding ortho intramolecular Hbond substituents is 1. The molecule has 0 aliphatic heterocycles. The van der Waals surface area contributed by atoms with Gasteiger partial charge in [0, 0.05) is 11.3 Å². The first-order valence-corrected chi connectivity index (χ1v) is 7.25. The summed E-state index contributed by atoms with van der Waals surface area (Å²) >= 11 is 9.26. The highest BCUT2D eigenvalue weighted by Crippen LogP contribution is 2.28. The Labute approximate surface area is 130 Å². The maximum absolute atomic E-state index is 12.2. The van der Waals surface area contributed by atoms with E-state index < -0.39 is 0 Å². The van der Waals surface area contributed by atoms with Crippen molar-refractivity contribution in [2.75, 3.05) is 5.32 Å². The van der Waals surface area contributed by atoms with E-state index in [0.717, 1.165) is 5.56 Å². The normalized spacial score (nSPS) is 11.9. The van der Waals surface area contributed by atoms with Crippen molar-refractivity contribution in [1.29, 1.82) is 0 Å². The number of carbonyl (C=O) groups excluding carboxylic acids is 1. The number of amides is 1. The minimum Gasteiger partial charge on any atom is -0.507 e. The summed E-state index contributed by atoms with van der Waals surface area (Å²) in [6.07, 6.45) is 0. The summed E-state index contributed by atoms with van der Waals surface area (Å²) in [7, 11) is 0. The molecule has 0 bridgehead atoms. The second kappa shape index (κ2) is 6.29. The monoisotopic (exact) mass is 353 g/mol. The third-order valence-corrected chi connectivity index (χ3v) is 3.75. The first kappa shape index (κ1) is 14.9. The zero-order valence-electron chi connectivity index (χ0n) is 10.7. The smallest absolute Gasteiger partial charge is 0.255 e. The lowest BCUT2D eigenvalue weighted by Gasteiger charge is -2.12. The Balaban J connectivity index is 2.26. The summed E-state index contributed by atoms with van der Waals surface area (Å²) < 4.78 is 0.545. The highest BCUT2D eigenvalue weighted by atomic mass is 79.9. The van der Waals surface area contributed by atoms with E-state index in [2.05, 4.69) is 21.2 Å². The van der Waals surface area contributed by atoms with Crippen molar-refractivity contribution in [2.45, 2.75) is 12.3 Å². The number of phenols is 1. The number of rotatable bonds is 3. The van der Waals surface area contributed by atoms with Gasteiger partial charge in [0.15, 0.2) is 0 Å². The van der Waals surface area contributed by atoms with Crippen molar-refractivity contribution in [2.24, 2.45) is 0 Å². The first-order chi connectivity index (χ1) is 9.49. The van der Waals surface area contributed by atoms with Gasteiger partial charge in [0.2, 0.25) is 0 Å². The SMILES string of the molecule is CC(Cl)c1ccccc1NC(=O)c1ccc(Br)c(O)c1. The van der Waals surface area contributed by atoms with Gasteiger partial charge < -0.3 is 10.4 Å². The Morgan fingerprint density at radius 3 is 2.65 bits per heavy atom. The van der Waals surface area contributed by atoms with Gasteiger partial charge in [0.1, 0.15) is 5.75 Å². The standard InChI is InChI=1S/C15H13BrClNO2/c1-9(17)11-4-2-3-5-13(11)18-15(20)10-6-7-12(16)14(19)8-10/h2-9,19H,1H3,(H,18,20). The Bertz CT molecular complexity index is 644. The summed E-state index contributed by atoms with van der Waals surface area (Å²) in [5.41, 5.74) is 1.90. The maximum atomic E-state index is 12.2. The van der Waals surface area contributed by atoms with Crippen molar-refractivity contribution in [3.63, 3.8) is 0 Å². The largest absolute Gasteiger partial charge is 0.507 e. The van der Waals surface area contributed by atoms with E-state index in [9.17, 15) is 9.90 Å². The number of para-hydroxylation sites is 1. The average molecular weight is 355 g/mol. The van der Waals surface area contributed by atoms with Crippen LogP contribution in [0.1, 0.15) is 28.2 Å². The van der Waals surface area contributed by atoms with Crippen LogP contribution in [0.4, 0.5) is 5.69 Å². The number of benzene rings is 2. The molecule has 1 atom stereocenters. The molecule has 0 spiro atoms. The molecule has 0 fully saturated rings. The van der Waals surface area contributed by atoms with Crippen molar-refractivity contribution >= 4 is 39.1 Å². The van der Waals surface area contributed by atoms with Crippen LogP contribution in [0.5, 0.6) is 5.75 Å². The summed E-state index contributed by atoms with van der Waals surface area (Å²) in [5, 5.41) is 12.2. The van der Waals surface area contributed by atoms with Crippen LogP contribution < -0.4 is 5.32 Å². The van der Waals surface area contributed by atoms with Crippen molar-refractivity contribution in [1.82, 2.24) is 0 Å². The molecule has 0 radical (unpaired) electrons. The highest BCUT2D eigenvalue weighted by Gasteiger charge is 2.12. The minimum atomic E-state index is -0.294. The summed E-state index contributed by atoms with van der Waals surface area (Å²) in [6, 6.07) is 12.0. The number of aromatic hydroxyl groups is 1. The average Bonchev–Trinajstić information content (AvgIpc) is 2.42. The molecule has 0 saturated heterocycles. The van der Waals surface area contributed by atoms with Gasteiger partial charge in [-0.1, -0.05) is 18.2 Å². The topological polar surface area (TPSA) is 49.3 Å². The number of carbonyl (C=O) groups is 1. The first-order valence-electron chi connectivity index (χ1n) is 6.02. The van der Waals surface area contributed by atoms with Gasteiger partial charge in [-0.05, 0) is 52.7 Å². The van der Waals surface area contributed by atoms with E-state index in [-0.39, 0.29) is 17.0 Å². The molecule has 20 heavy (non-hydrogen) atoms. The molecule has 2 aromatic rings. The van der Waals surface area contributed by atoms with Crippen LogP contribution in [0, 0.1) is 0 Å². The second-order valence-corrected chi connectivity index (χ2v) is 5.83. The van der Waals surface area contributed by atoms with E-state index in [1.165, 1.54) is 6.07 Å². The molecule has 1 amide bonds. The Morgan fingerprint density at radius 2 is 2.00 bits per heavy atom. The van der Waals surface area contributed by atoms with Crippen LogP contribution in [-0.4, -0.2) is 11.0 Å². The maximum Gasteiger partial charge on any atom is 0.255 e. The number of hydrogen-bond acceptors (Lipinski definition) is 2. The number of nitrogens with one attached hydrogen (secondary N) is 1. The van der Waals surface area contributed by atoms with Gasteiger partial charge in [0.05, 0.1) is 9.85 Å². The fourth-order valence-electron chi connectivity index (χ4n) is 1.81. The Morgan fingerprint density at radius 1 is 1.30 bits per heavy atom. The molecule has 0 aromatic heterocycles. The van der Waals surface area contributed by atoms with Gasteiger partial charge in [-0.25, -0.2) is 0 Å². The van der Waals surface area contributed by atoms with Crippen molar-refractivity contribution in [3.05, 3.63) is 58.1 Å². The second-order valence-electron chi connectivity index (χ2n) is 4.32. The number of anilines is 1. The predicted molar refractivity (Wildman–Crippen MR) is 84.5 cm³/mol. The number of alkyl halides is 1. The molecule has 2 N–H and O–H groups in total. The van der Waals surface area contributed by atoms with Gasteiger partial charge >= 0.3 is 0 Å². The predicted octanol–water partition coefficient (Wildman–Crippen LogP) is 4.71. The molecule has 0 heterocycles. The third-order valence-electron chi connectivity index (χ3n) is 2.85. The van der Waals surface area contributed by atoms with E-state index in [0.29, 0.717) is 15.7 Å². The van der Waals surface area contributed by atoms with Gasteiger partial charge in [-0.2, -0.15) is 0 Å². The molecule has 2 aromatic carbocycles. The summed E-state index contributed by atoms with van der Waals surface area (Å²) in [4.78, 5) is 12.2. The Hall–Kier alpha value is -1.52. The van der Waals surface area contributed by atoms with E-state index in [4.69, 9.17) is 11.6 Å². The van der Waals surface area contributed by atoms with Crippen LogP contribution in [0.25, 0.3) is 0 Å². The van der Waals surface area contributed by atoms with Crippen LogP contribution in [-0.2, 0) is 0 Å². The third kappa shape index (κ3) is 3.32. The quantitative estimate of drug-likeness (QED) is 0.784. The molecular weight excluding hydrogens is 342 g/mol. The molecule has 0 aliphatic rings. The molecule has 0 aliphatic carbocycles. The van der Waals surface area contributed by atoms with Gasteiger partial charge in [0.25, 0.3) is 5.91 Å². The summed E-state index contributed by atoms with van der Waals surface area (Å²) in [5.74, 6) is -0.269. The van der Waals surface area contributed by atoms with Crippen LogP contribution in [0.3, 0.4) is 0 Å². The zero-order valence-corrected chi connectivity index (χ0v) is 13.1. The van der Waals surface area contributed by atoms with Crippen LogP contribution in [0.2, 0.25) is 0 Å². The summed E-state index contributed by atoms with van der Waals surface area (Å²) in [6.45, 7) is 1.85. The van der Waals surface area contributed by atoms with Crippen LogP contribution >= 0.6 is 27.5 Å². The number of halogens is 2.